The van der Waals surface area contributed by atoms with E-state index in [-0.39, 0.29) is 23.5 Å². The summed E-state index contributed by atoms with van der Waals surface area (Å²) in [6, 6.07) is 3.46. The maximum absolute atomic E-state index is 13.0. The number of ketones is 1. The van der Waals surface area contributed by atoms with Crippen molar-refractivity contribution in [3.8, 4) is 0 Å². The summed E-state index contributed by atoms with van der Waals surface area (Å²) in [4.78, 5) is 22.3. The van der Waals surface area contributed by atoms with Crippen LogP contribution in [-0.4, -0.2) is 18.4 Å². The molecule has 0 bridgehead atoms. The van der Waals surface area contributed by atoms with Crippen molar-refractivity contribution in [2.24, 2.45) is 0 Å². The monoisotopic (exact) mass is 210 g/mol. The number of hydrogen-bond donors (Lipinski definition) is 0. The van der Waals surface area contributed by atoms with Crippen LogP contribution in [0, 0.1) is 5.82 Å². The van der Waals surface area contributed by atoms with E-state index in [0.29, 0.717) is 0 Å². The zero-order valence-electron chi connectivity index (χ0n) is 8.54. The van der Waals surface area contributed by atoms with Crippen LogP contribution in [0.5, 0.6) is 0 Å². The zero-order valence-corrected chi connectivity index (χ0v) is 8.54. The van der Waals surface area contributed by atoms with Gasteiger partial charge in [0.15, 0.2) is 5.78 Å². The molecule has 0 N–H and O–H groups in total. The molecule has 80 valence electrons. The molecule has 0 spiro atoms. The third-order valence-corrected chi connectivity index (χ3v) is 1.82. The minimum absolute atomic E-state index is 0.0575. The minimum atomic E-state index is -0.625. The van der Waals surface area contributed by atoms with Crippen molar-refractivity contribution in [1.29, 1.82) is 0 Å². The third kappa shape index (κ3) is 2.87. The molecule has 0 radical (unpaired) electrons. The molecule has 0 saturated carbocycles. The van der Waals surface area contributed by atoms with Crippen molar-refractivity contribution < 1.29 is 18.7 Å². The Labute approximate surface area is 86.9 Å². The lowest BCUT2D eigenvalue weighted by Gasteiger charge is -2.03. The molecule has 0 aliphatic rings. The molecule has 4 heteroatoms. The highest BCUT2D eigenvalue weighted by molar-refractivity contribution is 5.97. The van der Waals surface area contributed by atoms with Crippen molar-refractivity contribution >= 4 is 11.8 Å². The second-order valence-electron chi connectivity index (χ2n) is 3.01. The third-order valence-electron chi connectivity index (χ3n) is 1.82. The first kappa shape index (κ1) is 11.4. The summed E-state index contributed by atoms with van der Waals surface area (Å²) in [5, 5.41) is 0. The van der Waals surface area contributed by atoms with Crippen LogP contribution in [0.4, 0.5) is 4.39 Å². The fourth-order valence-electron chi connectivity index (χ4n) is 1.13. The summed E-state index contributed by atoms with van der Waals surface area (Å²) in [7, 11) is 0. The van der Waals surface area contributed by atoms with E-state index < -0.39 is 11.8 Å². The Morgan fingerprint density at radius 3 is 2.40 bits per heavy atom. The van der Waals surface area contributed by atoms with Gasteiger partial charge in [0, 0.05) is 5.56 Å². The highest BCUT2D eigenvalue weighted by Crippen LogP contribution is 2.11. The molecule has 0 aromatic heterocycles. The number of ether oxygens (including phenoxy) is 1. The minimum Gasteiger partial charge on any atom is -0.462 e. The average Bonchev–Trinajstić information content (AvgIpc) is 2.17. The molecule has 0 heterocycles. The van der Waals surface area contributed by atoms with Crippen LogP contribution < -0.4 is 0 Å². The fourth-order valence-corrected chi connectivity index (χ4v) is 1.13. The van der Waals surface area contributed by atoms with Crippen LogP contribution in [0.3, 0.4) is 0 Å². The van der Waals surface area contributed by atoms with E-state index in [2.05, 4.69) is 0 Å². The van der Waals surface area contributed by atoms with E-state index in [1.54, 1.807) is 6.92 Å². The summed E-state index contributed by atoms with van der Waals surface area (Å²) < 4.78 is 17.7. The quantitative estimate of drug-likeness (QED) is 0.567. The van der Waals surface area contributed by atoms with Crippen LogP contribution in [-0.2, 0) is 4.74 Å². The van der Waals surface area contributed by atoms with Crippen LogP contribution in [0.2, 0.25) is 0 Å². The topological polar surface area (TPSA) is 43.4 Å². The molecule has 0 amide bonds. The highest BCUT2D eigenvalue weighted by Gasteiger charge is 2.11. The van der Waals surface area contributed by atoms with E-state index in [1.165, 1.54) is 13.0 Å². The smallest absolute Gasteiger partial charge is 0.338 e. The number of hydrogen-bond acceptors (Lipinski definition) is 3. The van der Waals surface area contributed by atoms with Gasteiger partial charge in [0.2, 0.25) is 0 Å². The molecular formula is C11H11FO3. The summed E-state index contributed by atoms with van der Waals surface area (Å²) in [5.74, 6) is -1.54. The summed E-state index contributed by atoms with van der Waals surface area (Å²) in [6.45, 7) is 3.18. The van der Waals surface area contributed by atoms with Crippen molar-refractivity contribution in [1.82, 2.24) is 0 Å². The lowest BCUT2D eigenvalue weighted by Crippen LogP contribution is -2.06. The molecule has 15 heavy (non-hydrogen) atoms. The lowest BCUT2D eigenvalue weighted by molar-refractivity contribution is 0.0526. The van der Waals surface area contributed by atoms with Gasteiger partial charge in [-0.2, -0.15) is 0 Å². The Bertz CT molecular complexity index is 399. The Balaban J connectivity index is 3.09. The van der Waals surface area contributed by atoms with Gasteiger partial charge in [-0.15, -0.1) is 0 Å². The number of carbonyl (C=O) groups excluding carboxylic acids is 2. The van der Waals surface area contributed by atoms with Crippen molar-refractivity contribution in [3.05, 3.63) is 35.1 Å². The molecule has 0 fully saturated rings. The SMILES string of the molecule is CCOC(=O)c1cc(F)cc(C(C)=O)c1. The van der Waals surface area contributed by atoms with Crippen LogP contribution in [0.15, 0.2) is 18.2 Å². The van der Waals surface area contributed by atoms with E-state index in [4.69, 9.17) is 4.74 Å². The Hall–Kier alpha value is -1.71. The molecule has 1 aromatic rings. The second kappa shape index (κ2) is 4.68. The van der Waals surface area contributed by atoms with Gasteiger partial charge >= 0.3 is 5.97 Å². The molecule has 0 unspecified atom stereocenters. The van der Waals surface area contributed by atoms with Gasteiger partial charge < -0.3 is 4.74 Å². The Morgan fingerprint density at radius 1 is 1.27 bits per heavy atom. The first-order valence-electron chi connectivity index (χ1n) is 4.53. The first-order chi connectivity index (χ1) is 7.04. The van der Waals surface area contributed by atoms with Crippen molar-refractivity contribution in [2.45, 2.75) is 13.8 Å². The van der Waals surface area contributed by atoms with Gasteiger partial charge in [0.1, 0.15) is 5.82 Å². The number of carbonyl (C=O) groups is 2. The predicted octanol–water partition coefficient (Wildman–Crippen LogP) is 2.21. The number of esters is 1. The van der Waals surface area contributed by atoms with Crippen LogP contribution >= 0.6 is 0 Å². The maximum atomic E-state index is 13.0. The molecular weight excluding hydrogens is 199 g/mol. The average molecular weight is 210 g/mol. The van der Waals surface area contributed by atoms with Crippen LogP contribution in [0.25, 0.3) is 0 Å². The van der Waals surface area contributed by atoms with E-state index >= 15 is 0 Å². The largest absolute Gasteiger partial charge is 0.462 e. The van der Waals surface area contributed by atoms with Gasteiger partial charge in [-0.25, -0.2) is 9.18 Å². The van der Waals surface area contributed by atoms with E-state index in [1.807, 2.05) is 0 Å². The van der Waals surface area contributed by atoms with Crippen molar-refractivity contribution in [3.63, 3.8) is 0 Å². The zero-order chi connectivity index (χ0) is 11.4. The molecule has 1 rings (SSSR count). The van der Waals surface area contributed by atoms with Gasteiger partial charge in [0.05, 0.1) is 12.2 Å². The number of benzene rings is 1. The van der Waals surface area contributed by atoms with Crippen molar-refractivity contribution in [2.75, 3.05) is 6.61 Å². The van der Waals surface area contributed by atoms with Crippen LogP contribution in [0.1, 0.15) is 34.6 Å². The standard InChI is InChI=1S/C11H11FO3/c1-3-15-11(14)9-4-8(7(2)13)5-10(12)6-9/h4-6H,3H2,1-2H3. The molecule has 3 nitrogen and oxygen atoms in total. The Kier molecular flexibility index (Phi) is 3.55. The number of Topliss-reactive ketones (excluding diaryl/α,β-unsaturated/α-hetero) is 1. The summed E-state index contributed by atoms with van der Waals surface area (Å²) >= 11 is 0. The second-order valence-corrected chi connectivity index (χ2v) is 3.01. The van der Waals surface area contributed by atoms with Gasteiger partial charge in [0.25, 0.3) is 0 Å². The lowest BCUT2D eigenvalue weighted by atomic mass is 10.1. The summed E-state index contributed by atoms with van der Waals surface area (Å²) in [5.41, 5.74) is 0.222. The van der Waals surface area contributed by atoms with Gasteiger partial charge in [-0.05, 0) is 32.0 Å². The molecule has 0 aliphatic heterocycles. The Morgan fingerprint density at radius 2 is 1.87 bits per heavy atom. The van der Waals surface area contributed by atoms with Gasteiger partial charge in [-0.1, -0.05) is 0 Å². The predicted molar refractivity (Wildman–Crippen MR) is 52.4 cm³/mol. The fraction of sp³-hybridized carbons (Fsp3) is 0.273. The highest BCUT2D eigenvalue weighted by atomic mass is 19.1. The molecule has 0 atom stereocenters. The first-order valence-corrected chi connectivity index (χ1v) is 4.53. The molecule has 1 aromatic carbocycles. The maximum Gasteiger partial charge on any atom is 0.338 e. The number of rotatable bonds is 3. The van der Waals surface area contributed by atoms with E-state index in [9.17, 15) is 14.0 Å². The summed E-state index contributed by atoms with van der Waals surface area (Å²) in [6.07, 6.45) is 0. The normalized spacial score (nSPS) is 9.80. The molecule has 0 saturated heterocycles. The van der Waals surface area contributed by atoms with Gasteiger partial charge in [-0.3, -0.25) is 4.79 Å². The number of halogens is 1. The molecule has 0 aliphatic carbocycles. The van der Waals surface area contributed by atoms with E-state index in [0.717, 1.165) is 12.1 Å².